The van der Waals surface area contributed by atoms with Crippen molar-refractivity contribution in [2.45, 2.75) is 39.2 Å². The molecule has 0 radical (unpaired) electrons. The first kappa shape index (κ1) is 19.3. The van der Waals surface area contributed by atoms with Gasteiger partial charge in [-0.3, -0.25) is 4.79 Å². The number of carbonyl (C=O) groups excluding carboxylic acids is 1. The molecule has 0 bridgehead atoms. The number of nitrogens with one attached hydrogen (secondary N) is 1. The molecule has 1 aliphatic heterocycles. The van der Waals surface area contributed by atoms with Crippen molar-refractivity contribution in [1.29, 1.82) is 0 Å². The second-order valence-corrected chi connectivity index (χ2v) is 8.25. The fraction of sp³-hybridized carbons (Fsp3) is 0.333. The summed E-state index contributed by atoms with van der Waals surface area (Å²) in [5, 5.41) is 4.06. The van der Waals surface area contributed by atoms with Gasteiger partial charge in [-0.05, 0) is 51.3 Å². The maximum Gasteiger partial charge on any atom is 0.247 e. The van der Waals surface area contributed by atoms with Crippen LogP contribution in [0, 0.1) is 13.8 Å². The molecule has 1 atom stereocenters. The van der Waals surface area contributed by atoms with Crippen LogP contribution in [0.3, 0.4) is 0 Å². The van der Waals surface area contributed by atoms with Gasteiger partial charge in [-0.2, -0.15) is 0 Å². The average Bonchev–Trinajstić information content (AvgIpc) is 3.37. The Morgan fingerprint density at radius 3 is 3.00 bits per heavy atom. The van der Waals surface area contributed by atoms with Gasteiger partial charge >= 0.3 is 0 Å². The molecule has 0 aliphatic carbocycles. The van der Waals surface area contributed by atoms with E-state index in [9.17, 15) is 4.79 Å². The van der Waals surface area contributed by atoms with E-state index in [4.69, 9.17) is 4.42 Å². The second-order valence-electron chi connectivity index (χ2n) is 7.02. The molecule has 3 aromatic heterocycles. The molecule has 7 nitrogen and oxygen atoms in total. The molecule has 1 aliphatic rings. The van der Waals surface area contributed by atoms with Crippen LogP contribution in [0.4, 0.5) is 10.9 Å². The van der Waals surface area contributed by atoms with Gasteiger partial charge in [0.15, 0.2) is 5.13 Å². The first-order valence-corrected chi connectivity index (χ1v) is 10.5. The summed E-state index contributed by atoms with van der Waals surface area (Å²) in [6, 6.07) is 5.48. The van der Waals surface area contributed by atoms with Gasteiger partial charge in [0.25, 0.3) is 0 Å². The second kappa shape index (κ2) is 8.57. The van der Waals surface area contributed by atoms with E-state index in [1.54, 1.807) is 35.8 Å². The normalized spacial score (nSPS) is 17.0. The Bertz CT molecular complexity index is 1010. The highest BCUT2D eigenvalue weighted by atomic mass is 32.1. The Labute approximate surface area is 173 Å². The molecule has 8 heteroatoms. The fourth-order valence-corrected chi connectivity index (χ4v) is 4.16. The topological polar surface area (TPSA) is 84.2 Å². The van der Waals surface area contributed by atoms with Crippen molar-refractivity contribution in [3.05, 3.63) is 58.9 Å². The third-order valence-electron chi connectivity index (χ3n) is 4.77. The lowest BCUT2D eigenvalue weighted by Gasteiger charge is -2.35. The number of rotatable bonds is 5. The molecule has 4 rings (SSSR count). The van der Waals surface area contributed by atoms with Gasteiger partial charge in [-0.25, -0.2) is 15.0 Å². The minimum atomic E-state index is -0.0715. The maximum atomic E-state index is 12.9. The van der Waals surface area contributed by atoms with Crippen LogP contribution in [-0.2, 0) is 4.79 Å². The lowest BCUT2D eigenvalue weighted by Crippen LogP contribution is -2.38. The number of aromatic nitrogens is 3. The predicted molar refractivity (Wildman–Crippen MR) is 113 cm³/mol. The lowest BCUT2D eigenvalue weighted by atomic mass is 9.98. The van der Waals surface area contributed by atoms with Crippen LogP contribution in [-0.4, -0.2) is 32.3 Å². The third kappa shape index (κ3) is 4.71. The summed E-state index contributed by atoms with van der Waals surface area (Å²) in [5.74, 6) is 2.00. The Hall–Kier alpha value is -3.00. The molecular formula is C21H23N5O2S. The quantitative estimate of drug-likeness (QED) is 0.617. The number of furan rings is 1. The summed E-state index contributed by atoms with van der Waals surface area (Å²) in [4.78, 5) is 29.4. The van der Waals surface area contributed by atoms with Crippen LogP contribution in [0.2, 0.25) is 0 Å². The molecular weight excluding hydrogens is 386 g/mol. The molecule has 0 saturated carbocycles. The zero-order valence-corrected chi connectivity index (χ0v) is 17.3. The highest BCUT2D eigenvalue weighted by Crippen LogP contribution is 2.32. The average molecular weight is 410 g/mol. The van der Waals surface area contributed by atoms with Gasteiger partial charge in [-0.1, -0.05) is 0 Å². The van der Waals surface area contributed by atoms with Gasteiger partial charge in [-0.15, -0.1) is 11.3 Å². The minimum absolute atomic E-state index is 0.0348. The molecule has 1 saturated heterocycles. The van der Waals surface area contributed by atoms with Crippen molar-refractivity contribution in [1.82, 2.24) is 19.9 Å². The number of carbonyl (C=O) groups is 1. The number of hydrogen-bond donors (Lipinski definition) is 1. The Morgan fingerprint density at radius 2 is 2.24 bits per heavy atom. The largest absolute Gasteiger partial charge is 0.465 e. The van der Waals surface area contributed by atoms with Crippen LogP contribution in [0.5, 0.6) is 0 Å². The van der Waals surface area contributed by atoms with E-state index in [0.717, 1.165) is 35.0 Å². The van der Waals surface area contributed by atoms with Gasteiger partial charge in [0, 0.05) is 29.8 Å². The highest BCUT2D eigenvalue weighted by molar-refractivity contribution is 7.15. The summed E-state index contributed by atoms with van der Waals surface area (Å²) in [6.45, 7) is 4.60. The van der Waals surface area contributed by atoms with E-state index < -0.39 is 0 Å². The molecule has 0 aromatic carbocycles. The number of amides is 1. The van der Waals surface area contributed by atoms with Crippen molar-refractivity contribution in [2.24, 2.45) is 0 Å². The van der Waals surface area contributed by atoms with Crippen molar-refractivity contribution >= 4 is 34.3 Å². The zero-order chi connectivity index (χ0) is 20.2. The molecule has 3 aromatic rings. The summed E-state index contributed by atoms with van der Waals surface area (Å²) < 4.78 is 5.28. The van der Waals surface area contributed by atoms with Crippen molar-refractivity contribution in [2.75, 3.05) is 11.9 Å². The van der Waals surface area contributed by atoms with Crippen LogP contribution >= 0.6 is 11.3 Å². The number of aryl methyl sites for hydroxylation is 2. The van der Waals surface area contributed by atoms with E-state index in [1.807, 2.05) is 37.1 Å². The number of hydrogen-bond acceptors (Lipinski definition) is 7. The SMILES string of the molecule is Cc1nc(Nc2ncc(C)s2)cc(C2CCCCN2C(=O)C=Cc2ccco2)n1. The standard InChI is InChI=1S/C21H23N5O2S/c1-14-13-22-21(29-14)25-19-12-17(23-15(2)24-19)18-7-3-4-10-26(18)20(27)9-8-16-6-5-11-28-16/h5-6,8-9,11-13,18H,3-4,7,10H2,1-2H3,(H,22,23,24,25). The van der Waals surface area contributed by atoms with Crippen LogP contribution < -0.4 is 5.32 Å². The van der Waals surface area contributed by atoms with Crippen LogP contribution in [0.15, 0.2) is 41.2 Å². The van der Waals surface area contributed by atoms with E-state index >= 15 is 0 Å². The van der Waals surface area contributed by atoms with Crippen molar-refractivity contribution in [3.8, 4) is 0 Å². The van der Waals surface area contributed by atoms with E-state index in [1.165, 1.54) is 0 Å². The minimum Gasteiger partial charge on any atom is -0.465 e. The summed E-state index contributed by atoms with van der Waals surface area (Å²) in [7, 11) is 0. The first-order valence-electron chi connectivity index (χ1n) is 9.66. The van der Waals surface area contributed by atoms with Gasteiger partial charge < -0.3 is 14.6 Å². The molecule has 1 amide bonds. The molecule has 1 unspecified atom stereocenters. The monoisotopic (exact) mass is 409 g/mol. The molecule has 4 heterocycles. The summed E-state index contributed by atoms with van der Waals surface area (Å²) in [6.07, 6.45) is 9.63. The maximum absolute atomic E-state index is 12.9. The van der Waals surface area contributed by atoms with E-state index in [0.29, 0.717) is 23.9 Å². The van der Waals surface area contributed by atoms with E-state index in [-0.39, 0.29) is 11.9 Å². The molecule has 150 valence electrons. The number of piperidine rings is 1. The van der Waals surface area contributed by atoms with Gasteiger partial charge in [0.05, 0.1) is 18.0 Å². The summed E-state index contributed by atoms with van der Waals surface area (Å²) in [5.41, 5.74) is 0.854. The van der Waals surface area contributed by atoms with E-state index in [2.05, 4.69) is 20.3 Å². The molecule has 1 N–H and O–H groups in total. The number of anilines is 2. The van der Waals surface area contributed by atoms with Gasteiger partial charge in [0.2, 0.25) is 5.91 Å². The molecule has 1 fully saturated rings. The summed E-state index contributed by atoms with van der Waals surface area (Å²) >= 11 is 1.58. The van der Waals surface area contributed by atoms with Crippen molar-refractivity contribution in [3.63, 3.8) is 0 Å². The third-order valence-corrected chi connectivity index (χ3v) is 5.60. The predicted octanol–water partition coefficient (Wildman–Crippen LogP) is 4.65. The number of likely N-dealkylation sites (tertiary alicyclic amines) is 1. The van der Waals surface area contributed by atoms with Crippen LogP contribution in [0.25, 0.3) is 6.08 Å². The zero-order valence-electron chi connectivity index (χ0n) is 16.5. The molecule has 29 heavy (non-hydrogen) atoms. The van der Waals surface area contributed by atoms with Gasteiger partial charge in [0.1, 0.15) is 17.4 Å². The number of thiazole rings is 1. The Balaban J connectivity index is 1.56. The smallest absolute Gasteiger partial charge is 0.247 e. The fourth-order valence-electron chi connectivity index (χ4n) is 3.49. The Morgan fingerprint density at radius 1 is 1.34 bits per heavy atom. The lowest BCUT2D eigenvalue weighted by molar-refractivity contribution is -0.129. The Kier molecular flexibility index (Phi) is 5.71. The van der Waals surface area contributed by atoms with Crippen molar-refractivity contribution < 1.29 is 9.21 Å². The highest BCUT2D eigenvalue weighted by Gasteiger charge is 2.28. The molecule has 0 spiro atoms. The first-order chi connectivity index (χ1) is 14.1. The number of nitrogens with zero attached hydrogens (tertiary/aromatic N) is 4. The van der Waals surface area contributed by atoms with Crippen LogP contribution in [0.1, 0.15) is 47.5 Å².